The summed E-state index contributed by atoms with van der Waals surface area (Å²) in [6.07, 6.45) is -1.83. The van der Waals surface area contributed by atoms with Crippen LogP contribution in [0.2, 0.25) is 5.02 Å². The Morgan fingerprint density at radius 1 is 1.69 bits per heavy atom. The summed E-state index contributed by atoms with van der Waals surface area (Å²) in [5.41, 5.74) is 4.87. The first-order valence-corrected chi connectivity index (χ1v) is 4.64. The topological polar surface area (TPSA) is 65.2 Å². The Kier molecular flexibility index (Phi) is 4.14. The molecule has 0 aliphatic rings. The van der Waals surface area contributed by atoms with Gasteiger partial charge in [-0.25, -0.2) is 13.6 Å². The normalized spacial score (nSPS) is 10.6. The fourth-order valence-corrected chi connectivity index (χ4v) is 1.49. The molecule has 16 heavy (non-hydrogen) atoms. The molecule has 7 heteroatoms. The maximum atomic E-state index is 12.5. The molecule has 0 aliphatic carbocycles. The van der Waals surface area contributed by atoms with Crippen LogP contribution in [0.15, 0.2) is 6.20 Å². The first-order chi connectivity index (χ1) is 7.52. The molecule has 0 saturated carbocycles. The summed E-state index contributed by atoms with van der Waals surface area (Å²) in [7, 11) is 1.16. The number of nitrogens with zero attached hydrogens (tertiary/aromatic N) is 1. The number of rotatable bonds is 3. The van der Waals surface area contributed by atoms with Crippen LogP contribution < -0.4 is 5.73 Å². The zero-order chi connectivity index (χ0) is 12.3. The number of esters is 1. The van der Waals surface area contributed by atoms with Crippen LogP contribution in [0.5, 0.6) is 0 Å². The summed E-state index contributed by atoms with van der Waals surface area (Å²) >= 11 is 5.68. The molecule has 0 aromatic carbocycles. The molecule has 0 bridgehead atoms. The highest BCUT2D eigenvalue weighted by Gasteiger charge is 2.22. The summed E-state index contributed by atoms with van der Waals surface area (Å²) in [4.78, 5) is 14.7. The lowest BCUT2D eigenvalue weighted by Gasteiger charge is -2.10. The van der Waals surface area contributed by atoms with Gasteiger partial charge in [-0.15, -0.1) is 0 Å². The monoisotopic (exact) mass is 250 g/mol. The molecule has 1 aromatic rings. The van der Waals surface area contributed by atoms with Crippen molar-refractivity contribution in [2.45, 2.75) is 13.0 Å². The third-order valence-electron chi connectivity index (χ3n) is 1.96. The zero-order valence-corrected chi connectivity index (χ0v) is 9.09. The highest BCUT2D eigenvalue weighted by atomic mass is 35.5. The molecule has 4 nitrogen and oxygen atoms in total. The smallest absolute Gasteiger partial charge is 0.339 e. The van der Waals surface area contributed by atoms with Gasteiger partial charge in [-0.3, -0.25) is 4.98 Å². The van der Waals surface area contributed by atoms with E-state index in [-0.39, 0.29) is 22.7 Å². The van der Waals surface area contributed by atoms with E-state index in [1.54, 1.807) is 0 Å². The summed E-state index contributed by atoms with van der Waals surface area (Å²) in [5, 5.41) is -0.291. The van der Waals surface area contributed by atoms with E-state index in [4.69, 9.17) is 17.3 Å². The third kappa shape index (κ3) is 2.28. The first kappa shape index (κ1) is 12.8. The largest absolute Gasteiger partial charge is 0.465 e. The lowest BCUT2D eigenvalue weighted by molar-refractivity contribution is 0.0598. The van der Waals surface area contributed by atoms with E-state index >= 15 is 0 Å². The Morgan fingerprint density at radius 2 is 2.31 bits per heavy atom. The van der Waals surface area contributed by atoms with Crippen LogP contribution >= 0.6 is 11.6 Å². The molecule has 0 spiro atoms. The molecule has 1 rings (SSSR count). The van der Waals surface area contributed by atoms with Crippen molar-refractivity contribution in [1.29, 1.82) is 0 Å². The van der Waals surface area contributed by atoms with Gasteiger partial charge in [-0.05, 0) is 0 Å². The molecule has 1 aromatic heterocycles. The number of pyridine rings is 1. The van der Waals surface area contributed by atoms with Crippen molar-refractivity contribution < 1.29 is 18.3 Å². The van der Waals surface area contributed by atoms with Crippen LogP contribution in [0.3, 0.4) is 0 Å². The Labute approximate surface area is 95.4 Å². The van der Waals surface area contributed by atoms with Gasteiger partial charge in [-0.2, -0.15) is 0 Å². The minimum Gasteiger partial charge on any atom is -0.465 e. The first-order valence-electron chi connectivity index (χ1n) is 4.26. The number of halogens is 3. The van der Waals surface area contributed by atoms with Crippen molar-refractivity contribution in [3.63, 3.8) is 0 Å². The minimum atomic E-state index is -2.82. The van der Waals surface area contributed by atoms with E-state index in [9.17, 15) is 13.6 Å². The van der Waals surface area contributed by atoms with Crippen molar-refractivity contribution >= 4 is 17.6 Å². The second-order valence-electron chi connectivity index (χ2n) is 2.85. The average Bonchev–Trinajstić information content (AvgIpc) is 2.26. The number of nitrogens with two attached hydrogens (primary N) is 1. The minimum absolute atomic E-state index is 0.000556. The van der Waals surface area contributed by atoms with Gasteiger partial charge in [0, 0.05) is 18.3 Å². The van der Waals surface area contributed by atoms with Crippen molar-refractivity contribution in [3.8, 4) is 0 Å². The van der Waals surface area contributed by atoms with Gasteiger partial charge in [-0.1, -0.05) is 11.6 Å². The number of ether oxygens (including phenoxy) is 1. The van der Waals surface area contributed by atoms with Crippen LogP contribution in [0, 0.1) is 0 Å². The molecule has 1 heterocycles. The van der Waals surface area contributed by atoms with E-state index in [1.165, 1.54) is 0 Å². The second-order valence-corrected chi connectivity index (χ2v) is 3.22. The zero-order valence-electron chi connectivity index (χ0n) is 8.34. The molecular formula is C9H9ClF2N2O2. The third-order valence-corrected chi connectivity index (χ3v) is 2.39. The predicted molar refractivity (Wildman–Crippen MR) is 53.4 cm³/mol. The molecule has 0 atom stereocenters. The molecule has 0 aliphatic heterocycles. The lowest BCUT2D eigenvalue weighted by Crippen LogP contribution is -2.12. The maximum Gasteiger partial charge on any atom is 0.339 e. The van der Waals surface area contributed by atoms with E-state index in [0.29, 0.717) is 0 Å². The number of carbonyl (C=O) groups excluding carboxylic acids is 1. The molecule has 0 amide bonds. The maximum absolute atomic E-state index is 12.5. The van der Waals surface area contributed by atoms with Crippen molar-refractivity contribution in [2.75, 3.05) is 7.11 Å². The number of methoxy groups -OCH3 is 1. The number of hydrogen-bond acceptors (Lipinski definition) is 4. The quantitative estimate of drug-likeness (QED) is 0.833. The summed E-state index contributed by atoms with van der Waals surface area (Å²) in [6, 6.07) is 0. The van der Waals surface area contributed by atoms with Crippen LogP contribution in [0.1, 0.15) is 28.0 Å². The van der Waals surface area contributed by atoms with E-state index in [2.05, 4.69) is 9.72 Å². The lowest BCUT2D eigenvalue weighted by atomic mass is 10.1. The van der Waals surface area contributed by atoms with E-state index in [0.717, 1.165) is 13.3 Å². The fraction of sp³-hybridized carbons (Fsp3) is 0.333. The molecule has 0 saturated heterocycles. The van der Waals surface area contributed by atoms with Gasteiger partial charge in [0.25, 0.3) is 6.43 Å². The molecule has 0 fully saturated rings. The van der Waals surface area contributed by atoms with E-state index < -0.39 is 18.1 Å². The van der Waals surface area contributed by atoms with Gasteiger partial charge >= 0.3 is 5.97 Å². The van der Waals surface area contributed by atoms with Crippen LogP contribution in [0.25, 0.3) is 0 Å². The van der Waals surface area contributed by atoms with Gasteiger partial charge in [0.15, 0.2) is 0 Å². The average molecular weight is 251 g/mol. The Balaban J connectivity index is 3.35. The van der Waals surface area contributed by atoms with Crippen molar-refractivity contribution in [1.82, 2.24) is 4.98 Å². The summed E-state index contributed by atoms with van der Waals surface area (Å²) in [6.45, 7) is -0.147. The number of hydrogen-bond donors (Lipinski definition) is 1. The van der Waals surface area contributed by atoms with Crippen LogP contribution in [0.4, 0.5) is 8.78 Å². The van der Waals surface area contributed by atoms with Crippen LogP contribution in [-0.4, -0.2) is 18.1 Å². The summed E-state index contributed by atoms with van der Waals surface area (Å²) in [5.74, 6) is -0.712. The summed E-state index contributed by atoms with van der Waals surface area (Å²) < 4.78 is 29.4. The van der Waals surface area contributed by atoms with Gasteiger partial charge < -0.3 is 10.5 Å². The number of aromatic nitrogens is 1. The molecule has 88 valence electrons. The van der Waals surface area contributed by atoms with E-state index in [1.807, 2.05) is 0 Å². The molecular weight excluding hydrogens is 242 g/mol. The van der Waals surface area contributed by atoms with Gasteiger partial charge in [0.1, 0.15) is 5.69 Å². The van der Waals surface area contributed by atoms with Crippen molar-refractivity contribution in [2.24, 2.45) is 5.73 Å². The highest BCUT2D eigenvalue weighted by molar-refractivity contribution is 6.32. The Bertz CT molecular complexity index is 413. The molecule has 2 N–H and O–H groups in total. The van der Waals surface area contributed by atoms with Crippen LogP contribution in [-0.2, 0) is 11.3 Å². The SMILES string of the molecule is COC(=O)c1cnc(C(F)F)c(Cl)c1CN. The Morgan fingerprint density at radius 3 is 2.75 bits per heavy atom. The number of alkyl halides is 2. The standard InChI is InChI=1S/C9H9ClF2N2O2/c1-16-9(15)5-3-14-7(8(11)12)6(10)4(5)2-13/h3,8H,2,13H2,1H3. The second kappa shape index (κ2) is 5.18. The predicted octanol–water partition coefficient (Wildman–Crippen LogP) is 1.92. The van der Waals surface area contributed by atoms with Gasteiger partial charge in [0.2, 0.25) is 0 Å². The number of carbonyl (C=O) groups is 1. The molecule has 0 radical (unpaired) electrons. The fourth-order valence-electron chi connectivity index (χ4n) is 1.18. The van der Waals surface area contributed by atoms with Crippen molar-refractivity contribution in [3.05, 3.63) is 28.0 Å². The Hall–Kier alpha value is -1.27. The highest BCUT2D eigenvalue weighted by Crippen LogP contribution is 2.29. The molecule has 0 unspecified atom stereocenters. The van der Waals surface area contributed by atoms with Gasteiger partial charge in [0.05, 0.1) is 17.7 Å².